The van der Waals surface area contributed by atoms with Gasteiger partial charge in [-0.25, -0.2) is 0 Å². The van der Waals surface area contributed by atoms with Gasteiger partial charge in [0.15, 0.2) is 0 Å². The highest BCUT2D eigenvalue weighted by molar-refractivity contribution is 7.84. The Hall–Kier alpha value is -0.353. The molecule has 0 bridgehead atoms. The van der Waals surface area contributed by atoms with Gasteiger partial charge < -0.3 is 0 Å². The van der Waals surface area contributed by atoms with Gasteiger partial charge >= 0.3 is 10.3 Å². The summed E-state index contributed by atoms with van der Waals surface area (Å²) in [5, 5.41) is 0. The van der Waals surface area contributed by atoms with Crippen molar-refractivity contribution in [1.29, 1.82) is 0 Å². The number of rotatable bonds is 2. The lowest BCUT2D eigenvalue weighted by Gasteiger charge is -2.28. The predicted octanol–water partition coefficient (Wildman–Crippen LogP) is 1.91. The van der Waals surface area contributed by atoms with Crippen molar-refractivity contribution in [2.75, 3.05) is 0 Å². The molecule has 1 unspecified atom stereocenters. The highest BCUT2D eigenvalue weighted by Gasteiger charge is 2.31. The lowest BCUT2D eigenvalue weighted by Crippen LogP contribution is -2.45. The first kappa shape index (κ1) is 15.7. The molecule has 2 atom stereocenters. The zero-order valence-corrected chi connectivity index (χ0v) is 13.6. The molecule has 0 aromatic carbocycles. The summed E-state index contributed by atoms with van der Waals surface area (Å²) in [5.41, 5.74) is 3.21. The SMILES string of the molecule is CC(C)CC1C[C@H](C#C[Si](C)(C)C)NS(=O)(=O)O1. The van der Waals surface area contributed by atoms with E-state index in [0.717, 1.165) is 6.42 Å². The summed E-state index contributed by atoms with van der Waals surface area (Å²) in [6, 6.07) is -0.306. The van der Waals surface area contributed by atoms with Gasteiger partial charge in [0.2, 0.25) is 0 Å². The molecular formula is C12H23NO3SSi. The van der Waals surface area contributed by atoms with E-state index >= 15 is 0 Å². The molecule has 6 heteroatoms. The van der Waals surface area contributed by atoms with Crippen LogP contribution in [0.5, 0.6) is 0 Å². The van der Waals surface area contributed by atoms with Crippen LogP contribution in [0.4, 0.5) is 0 Å². The minimum atomic E-state index is -3.63. The van der Waals surface area contributed by atoms with Crippen LogP contribution in [0, 0.1) is 17.4 Å². The van der Waals surface area contributed by atoms with Gasteiger partial charge in [-0.2, -0.15) is 13.1 Å². The van der Waals surface area contributed by atoms with Crippen LogP contribution in [0.25, 0.3) is 0 Å². The van der Waals surface area contributed by atoms with Gasteiger partial charge in [0.25, 0.3) is 0 Å². The van der Waals surface area contributed by atoms with Gasteiger partial charge in [-0.3, -0.25) is 4.18 Å². The highest BCUT2D eigenvalue weighted by Crippen LogP contribution is 2.20. The zero-order valence-electron chi connectivity index (χ0n) is 11.8. The van der Waals surface area contributed by atoms with Gasteiger partial charge in [0.1, 0.15) is 8.07 Å². The number of hydrogen-bond donors (Lipinski definition) is 1. The Kier molecular flexibility index (Phi) is 5.01. The van der Waals surface area contributed by atoms with Crippen LogP contribution in [0.1, 0.15) is 26.7 Å². The van der Waals surface area contributed by atoms with Gasteiger partial charge in [-0.05, 0) is 12.3 Å². The molecule has 0 aromatic rings. The smallest absolute Gasteiger partial charge is 0.255 e. The molecule has 0 radical (unpaired) electrons. The molecule has 0 aliphatic carbocycles. The molecule has 0 amide bonds. The average molecular weight is 289 g/mol. The molecule has 1 fully saturated rings. The fourth-order valence-electron chi connectivity index (χ4n) is 1.78. The standard InChI is InChI=1S/C12H23NO3SSi/c1-10(2)8-12-9-11(6-7-18(3,4)5)13-17(14,15)16-12/h10-13H,8-9H2,1-5H3/t11-,12?/m0/s1. The van der Waals surface area contributed by atoms with Crippen molar-refractivity contribution in [3.05, 3.63) is 0 Å². The van der Waals surface area contributed by atoms with Crippen molar-refractivity contribution in [3.63, 3.8) is 0 Å². The number of nitrogens with one attached hydrogen (secondary N) is 1. The summed E-state index contributed by atoms with van der Waals surface area (Å²) < 4.78 is 30.7. The Morgan fingerprint density at radius 1 is 1.39 bits per heavy atom. The molecular weight excluding hydrogens is 266 g/mol. The number of hydrogen-bond acceptors (Lipinski definition) is 3. The molecule has 0 aromatic heterocycles. The maximum Gasteiger partial charge on any atom is 0.337 e. The first-order chi connectivity index (χ1) is 8.07. The van der Waals surface area contributed by atoms with Crippen molar-refractivity contribution in [1.82, 2.24) is 4.72 Å². The average Bonchev–Trinajstić information content (AvgIpc) is 2.09. The van der Waals surface area contributed by atoms with Crippen molar-refractivity contribution in [2.45, 2.75) is 58.5 Å². The Labute approximate surface area is 112 Å². The summed E-state index contributed by atoms with van der Waals surface area (Å²) in [6.45, 7) is 10.5. The Balaban J connectivity index is 2.78. The van der Waals surface area contributed by atoms with Gasteiger partial charge in [-0.15, -0.1) is 5.54 Å². The Bertz CT molecular complexity index is 442. The molecule has 104 valence electrons. The Morgan fingerprint density at radius 2 is 2.00 bits per heavy atom. The van der Waals surface area contributed by atoms with Crippen molar-refractivity contribution < 1.29 is 12.6 Å². The lowest BCUT2D eigenvalue weighted by atomic mass is 10.0. The first-order valence-electron chi connectivity index (χ1n) is 6.30. The molecule has 18 heavy (non-hydrogen) atoms. The molecule has 1 aliphatic heterocycles. The van der Waals surface area contributed by atoms with Crippen molar-refractivity contribution >= 4 is 18.4 Å². The largest absolute Gasteiger partial charge is 0.337 e. The monoisotopic (exact) mass is 289 g/mol. The summed E-state index contributed by atoms with van der Waals surface area (Å²) in [7, 11) is -5.11. The van der Waals surface area contributed by atoms with E-state index in [-0.39, 0.29) is 12.1 Å². The van der Waals surface area contributed by atoms with Gasteiger partial charge in [0.05, 0.1) is 12.1 Å². The first-order valence-corrected chi connectivity index (χ1v) is 11.2. The maximum atomic E-state index is 11.6. The van der Waals surface area contributed by atoms with Crippen LogP contribution < -0.4 is 4.72 Å². The molecule has 4 nitrogen and oxygen atoms in total. The second-order valence-corrected chi connectivity index (χ2v) is 12.3. The van der Waals surface area contributed by atoms with Crippen LogP contribution >= 0.6 is 0 Å². The molecule has 1 aliphatic rings. The fourth-order valence-corrected chi connectivity index (χ4v) is 3.47. The van der Waals surface area contributed by atoms with Gasteiger partial charge in [-0.1, -0.05) is 39.4 Å². The maximum absolute atomic E-state index is 11.6. The van der Waals surface area contributed by atoms with Crippen LogP contribution in [0.15, 0.2) is 0 Å². The van der Waals surface area contributed by atoms with E-state index in [1.807, 2.05) is 0 Å². The zero-order chi connectivity index (χ0) is 14.0. The third kappa shape index (κ3) is 6.00. The molecule has 1 saturated heterocycles. The summed E-state index contributed by atoms with van der Waals surface area (Å²) in [5.74, 6) is 3.47. The Morgan fingerprint density at radius 3 is 2.50 bits per heavy atom. The summed E-state index contributed by atoms with van der Waals surface area (Å²) >= 11 is 0. The molecule has 1 heterocycles. The van der Waals surface area contributed by atoms with E-state index < -0.39 is 18.4 Å². The van der Waals surface area contributed by atoms with E-state index in [4.69, 9.17) is 4.18 Å². The van der Waals surface area contributed by atoms with E-state index in [1.54, 1.807) is 0 Å². The topological polar surface area (TPSA) is 55.4 Å². The van der Waals surface area contributed by atoms with Crippen LogP contribution in [0.3, 0.4) is 0 Å². The van der Waals surface area contributed by atoms with Crippen LogP contribution in [0.2, 0.25) is 19.6 Å². The van der Waals surface area contributed by atoms with Crippen molar-refractivity contribution in [3.8, 4) is 11.5 Å². The second kappa shape index (κ2) is 5.74. The molecule has 0 spiro atoms. The lowest BCUT2D eigenvalue weighted by molar-refractivity contribution is 0.145. The molecule has 1 N–H and O–H groups in total. The summed E-state index contributed by atoms with van der Waals surface area (Å²) in [4.78, 5) is 0. The van der Waals surface area contributed by atoms with Gasteiger partial charge in [0, 0.05) is 6.42 Å². The second-order valence-electron chi connectivity index (χ2n) is 6.23. The third-order valence-electron chi connectivity index (χ3n) is 2.40. The fraction of sp³-hybridized carbons (Fsp3) is 0.833. The third-order valence-corrected chi connectivity index (χ3v) is 4.40. The van der Waals surface area contributed by atoms with E-state index in [1.165, 1.54) is 0 Å². The van der Waals surface area contributed by atoms with Crippen LogP contribution in [-0.2, 0) is 14.5 Å². The van der Waals surface area contributed by atoms with E-state index in [0.29, 0.717) is 12.3 Å². The predicted molar refractivity (Wildman–Crippen MR) is 75.9 cm³/mol. The minimum absolute atomic E-state index is 0.253. The quantitative estimate of drug-likeness (QED) is 0.624. The molecule has 0 saturated carbocycles. The van der Waals surface area contributed by atoms with E-state index in [9.17, 15) is 8.42 Å². The summed E-state index contributed by atoms with van der Waals surface area (Å²) in [6.07, 6.45) is 1.12. The minimum Gasteiger partial charge on any atom is -0.255 e. The van der Waals surface area contributed by atoms with Crippen LogP contribution in [-0.4, -0.2) is 28.6 Å². The highest BCUT2D eigenvalue weighted by atomic mass is 32.2. The van der Waals surface area contributed by atoms with E-state index in [2.05, 4.69) is 49.7 Å². The van der Waals surface area contributed by atoms with Crippen molar-refractivity contribution in [2.24, 2.45) is 5.92 Å². The molecule has 1 rings (SSSR count). The normalized spacial score (nSPS) is 27.7.